The zero-order chi connectivity index (χ0) is 16.9. The molecule has 4 nitrogen and oxygen atoms in total. The average molecular weight is 468 g/mol. The highest BCUT2D eigenvalue weighted by molar-refractivity contribution is 9.11. The fourth-order valence-electron chi connectivity index (χ4n) is 2.06. The van der Waals surface area contributed by atoms with Crippen LogP contribution in [-0.4, -0.2) is 18.7 Å². The van der Waals surface area contributed by atoms with Crippen LogP contribution < -0.4 is 10.2 Å². The lowest BCUT2D eigenvalue weighted by molar-refractivity contribution is -0.123. The normalized spacial score (nSPS) is 11.1. The van der Waals surface area contributed by atoms with Gasteiger partial charge in [-0.2, -0.15) is 5.10 Å². The minimum atomic E-state index is -0.314. The Morgan fingerprint density at radius 3 is 2.92 bits per heavy atom. The number of fused-ring (bicyclic) bond motifs is 1. The number of nitrogens with zero attached hydrogens (tertiary/aromatic N) is 1. The Morgan fingerprint density at radius 1 is 1.25 bits per heavy atom. The van der Waals surface area contributed by atoms with Gasteiger partial charge in [0.1, 0.15) is 5.75 Å². The second kappa shape index (κ2) is 7.92. The van der Waals surface area contributed by atoms with E-state index in [1.807, 2.05) is 47.8 Å². The van der Waals surface area contributed by atoms with Gasteiger partial charge in [0, 0.05) is 9.35 Å². The maximum Gasteiger partial charge on any atom is 0.277 e. The fourth-order valence-corrected chi connectivity index (χ4v) is 3.63. The summed E-state index contributed by atoms with van der Waals surface area (Å²) >= 11 is 8.53. The van der Waals surface area contributed by atoms with Crippen molar-refractivity contribution in [3.05, 3.63) is 61.7 Å². The van der Waals surface area contributed by atoms with Crippen molar-refractivity contribution in [1.29, 1.82) is 0 Å². The summed E-state index contributed by atoms with van der Waals surface area (Å²) in [7, 11) is 0. The summed E-state index contributed by atoms with van der Waals surface area (Å²) in [5.74, 6) is 0.299. The van der Waals surface area contributed by atoms with E-state index < -0.39 is 0 Å². The van der Waals surface area contributed by atoms with Crippen molar-refractivity contribution in [2.75, 3.05) is 6.61 Å². The molecule has 0 aliphatic heterocycles. The van der Waals surface area contributed by atoms with E-state index in [9.17, 15) is 4.79 Å². The summed E-state index contributed by atoms with van der Waals surface area (Å²) in [5, 5.41) is 7.94. The summed E-state index contributed by atoms with van der Waals surface area (Å²) in [5.41, 5.74) is 2.45. The van der Waals surface area contributed by atoms with Gasteiger partial charge in [0.25, 0.3) is 5.91 Å². The smallest absolute Gasteiger partial charge is 0.277 e. The Labute approximate surface area is 159 Å². The number of carbonyl (C=O) groups is 1. The molecule has 1 aromatic heterocycles. The van der Waals surface area contributed by atoms with Gasteiger partial charge in [0.05, 0.1) is 10.7 Å². The SMILES string of the molecule is O=C(COc1ccc2cc(Br)ccc2c1Br)N/N=C/c1cccs1. The fraction of sp³-hybridized carbons (Fsp3) is 0.0588. The zero-order valence-corrected chi connectivity index (χ0v) is 16.3. The summed E-state index contributed by atoms with van der Waals surface area (Å²) in [6, 6.07) is 13.6. The third kappa shape index (κ3) is 4.23. The molecule has 1 N–H and O–H groups in total. The Bertz CT molecular complexity index is 895. The van der Waals surface area contributed by atoms with Crippen LogP contribution in [0.2, 0.25) is 0 Å². The average Bonchev–Trinajstić information content (AvgIpc) is 3.07. The number of nitrogens with one attached hydrogen (secondary N) is 1. The topological polar surface area (TPSA) is 50.7 Å². The van der Waals surface area contributed by atoms with E-state index >= 15 is 0 Å². The lowest BCUT2D eigenvalue weighted by Crippen LogP contribution is -2.24. The summed E-state index contributed by atoms with van der Waals surface area (Å²) in [6.45, 7) is -0.109. The molecule has 1 amide bonds. The molecular formula is C17H12Br2N2O2S. The van der Waals surface area contributed by atoms with Crippen molar-refractivity contribution >= 4 is 66.1 Å². The van der Waals surface area contributed by atoms with Gasteiger partial charge in [-0.1, -0.05) is 34.1 Å². The first-order valence-corrected chi connectivity index (χ1v) is 9.46. The third-order valence-corrected chi connectivity index (χ3v) is 5.28. The van der Waals surface area contributed by atoms with Crippen molar-refractivity contribution in [2.45, 2.75) is 0 Å². The molecule has 0 saturated heterocycles. The maximum atomic E-state index is 11.8. The Hall–Kier alpha value is -1.70. The predicted molar refractivity (Wildman–Crippen MR) is 105 cm³/mol. The van der Waals surface area contributed by atoms with Crippen LogP contribution in [0.25, 0.3) is 10.8 Å². The van der Waals surface area contributed by atoms with E-state index in [0.29, 0.717) is 5.75 Å². The van der Waals surface area contributed by atoms with Crippen LogP contribution >= 0.6 is 43.2 Å². The summed E-state index contributed by atoms with van der Waals surface area (Å²) < 4.78 is 7.42. The number of amides is 1. The van der Waals surface area contributed by atoms with E-state index in [1.54, 1.807) is 17.6 Å². The highest BCUT2D eigenvalue weighted by Gasteiger charge is 2.08. The largest absolute Gasteiger partial charge is 0.483 e. The van der Waals surface area contributed by atoms with Gasteiger partial charge in [0.2, 0.25) is 0 Å². The molecule has 24 heavy (non-hydrogen) atoms. The van der Waals surface area contributed by atoms with Gasteiger partial charge in [-0.15, -0.1) is 11.3 Å². The van der Waals surface area contributed by atoms with Gasteiger partial charge < -0.3 is 4.74 Å². The minimum absolute atomic E-state index is 0.109. The van der Waals surface area contributed by atoms with Crippen LogP contribution in [0.1, 0.15) is 4.88 Å². The van der Waals surface area contributed by atoms with Crippen LogP contribution in [0.5, 0.6) is 5.75 Å². The Morgan fingerprint density at radius 2 is 2.12 bits per heavy atom. The van der Waals surface area contributed by atoms with E-state index in [0.717, 1.165) is 24.6 Å². The lowest BCUT2D eigenvalue weighted by Gasteiger charge is -2.10. The van der Waals surface area contributed by atoms with Crippen LogP contribution in [0.3, 0.4) is 0 Å². The highest BCUT2D eigenvalue weighted by atomic mass is 79.9. The maximum absolute atomic E-state index is 11.8. The van der Waals surface area contributed by atoms with E-state index in [4.69, 9.17) is 4.74 Å². The number of hydrazone groups is 1. The quantitative estimate of drug-likeness (QED) is 0.426. The Balaban J connectivity index is 1.62. The first-order chi connectivity index (χ1) is 11.6. The van der Waals surface area contributed by atoms with Gasteiger partial charge in [-0.25, -0.2) is 5.43 Å². The number of hydrogen-bond acceptors (Lipinski definition) is 4. The van der Waals surface area contributed by atoms with Crippen molar-refractivity contribution in [2.24, 2.45) is 5.10 Å². The number of thiophene rings is 1. The molecule has 2 aromatic carbocycles. The number of benzene rings is 2. The Kier molecular flexibility index (Phi) is 5.65. The van der Waals surface area contributed by atoms with Crippen molar-refractivity contribution in [3.8, 4) is 5.75 Å². The van der Waals surface area contributed by atoms with Crippen LogP contribution in [0.15, 0.2) is 61.9 Å². The molecule has 0 unspecified atom stereocenters. The van der Waals surface area contributed by atoms with E-state index in [1.165, 1.54) is 0 Å². The standard InChI is InChI=1S/C17H12Br2N2O2S/c18-12-4-5-14-11(8-12)3-6-15(17(14)19)23-10-16(22)21-20-9-13-2-1-7-24-13/h1-9H,10H2,(H,21,22)/b20-9+. The molecule has 0 aliphatic carbocycles. The molecule has 3 aromatic rings. The molecule has 3 rings (SSSR count). The second-order valence-electron chi connectivity index (χ2n) is 4.84. The molecule has 0 aliphatic rings. The van der Waals surface area contributed by atoms with E-state index in [2.05, 4.69) is 42.4 Å². The molecule has 0 spiro atoms. The van der Waals surface area contributed by atoms with Crippen LogP contribution in [-0.2, 0) is 4.79 Å². The molecule has 0 atom stereocenters. The van der Waals surface area contributed by atoms with Crippen molar-refractivity contribution in [3.63, 3.8) is 0 Å². The molecular weight excluding hydrogens is 456 g/mol. The van der Waals surface area contributed by atoms with Crippen LogP contribution in [0, 0.1) is 0 Å². The third-order valence-electron chi connectivity index (χ3n) is 3.16. The number of hydrogen-bond donors (Lipinski definition) is 1. The van der Waals surface area contributed by atoms with Gasteiger partial charge in [-0.05, 0) is 56.3 Å². The van der Waals surface area contributed by atoms with Crippen molar-refractivity contribution < 1.29 is 9.53 Å². The van der Waals surface area contributed by atoms with Crippen molar-refractivity contribution in [1.82, 2.24) is 5.43 Å². The minimum Gasteiger partial charge on any atom is -0.483 e. The molecule has 1 heterocycles. The lowest BCUT2D eigenvalue weighted by atomic mass is 10.1. The zero-order valence-electron chi connectivity index (χ0n) is 12.3. The molecule has 0 saturated carbocycles. The molecule has 7 heteroatoms. The van der Waals surface area contributed by atoms with Gasteiger partial charge in [0.15, 0.2) is 6.61 Å². The monoisotopic (exact) mass is 466 g/mol. The number of ether oxygens (including phenoxy) is 1. The number of rotatable bonds is 5. The summed E-state index contributed by atoms with van der Waals surface area (Å²) in [4.78, 5) is 12.8. The van der Waals surface area contributed by atoms with E-state index in [-0.39, 0.29) is 12.5 Å². The molecule has 0 fully saturated rings. The second-order valence-corrected chi connectivity index (χ2v) is 7.53. The number of halogens is 2. The molecule has 122 valence electrons. The molecule has 0 bridgehead atoms. The first kappa shape index (κ1) is 17.1. The van der Waals surface area contributed by atoms with Gasteiger partial charge >= 0.3 is 0 Å². The van der Waals surface area contributed by atoms with Gasteiger partial charge in [-0.3, -0.25) is 4.79 Å². The van der Waals surface area contributed by atoms with Crippen LogP contribution in [0.4, 0.5) is 0 Å². The predicted octanol–water partition coefficient (Wildman–Crippen LogP) is 4.96. The molecule has 0 radical (unpaired) electrons. The summed E-state index contributed by atoms with van der Waals surface area (Å²) in [6.07, 6.45) is 1.60. The first-order valence-electron chi connectivity index (χ1n) is 6.99. The highest BCUT2D eigenvalue weighted by Crippen LogP contribution is 2.34. The number of carbonyl (C=O) groups excluding carboxylic acids is 1.